The molecule has 2 aromatic carbocycles. The molecule has 0 spiro atoms. The number of nitro benzene ring substituents is 1. The Kier molecular flexibility index (Phi) is 5.93. The number of non-ortho nitro benzene ring substituents is 1. The fraction of sp³-hybridized carbons (Fsp3) is 0.385. The normalized spacial score (nSPS) is 20.5. The van der Waals surface area contributed by atoms with E-state index in [1.165, 1.54) is 23.4 Å². The zero-order valence-corrected chi connectivity index (χ0v) is 20.2. The van der Waals surface area contributed by atoms with Crippen molar-refractivity contribution in [2.24, 2.45) is 0 Å². The lowest BCUT2D eigenvalue weighted by atomic mass is 9.79. The van der Waals surface area contributed by atoms with Crippen molar-refractivity contribution in [3.63, 3.8) is 0 Å². The van der Waals surface area contributed by atoms with Gasteiger partial charge in [0, 0.05) is 29.9 Å². The highest BCUT2D eigenvalue weighted by atomic mass is 16.6. The zero-order chi connectivity index (χ0) is 24.8. The van der Waals surface area contributed by atoms with Crippen LogP contribution in [0.4, 0.5) is 16.2 Å². The standard InChI is InChI=1S/C26H30N4O4/c1-6-29-23-11-16(2)19(12-21(23)17(3)14-26(29,4)5)13-22-24(31)28(25(32)27-22)15-18-7-9-20(10-8-18)30(33)34/h7-13,17H,6,14-15H2,1-5H3,(H,27,32)/b22-13+. The first-order chi connectivity index (χ1) is 16.0. The maximum absolute atomic E-state index is 13.0. The second-order valence-corrected chi connectivity index (χ2v) is 9.73. The van der Waals surface area contributed by atoms with Crippen LogP contribution in [0.5, 0.6) is 0 Å². The van der Waals surface area contributed by atoms with Crippen LogP contribution in [0.3, 0.4) is 0 Å². The van der Waals surface area contributed by atoms with Gasteiger partial charge in [-0.1, -0.05) is 19.1 Å². The van der Waals surface area contributed by atoms with Gasteiger partial charge in [0.15, 0.2) is 0 Å². The summed E-state index contributed by atoms with van der Waals surface area (Å²) >= 11 is 0. The number of urea groups is 1. The molecule has 8 nitrogen and oxygen atoms in total. The van der Waals surface area contributed by atoms with Gasteiger partial charge in [-0.15, -0.1) is 0 Å². The molecular formula is C26H30N4O4. The summed E-state index contributed by atoms with van der Waals surface area (Å²) in [5.74, 6) is -0.0390. The highest BCUT2D eigenvalue weighted by molar-refractivity contribution is 6.14. The molecule has 2 aromatic rings. The molecule has 1 atom stereocenters. The van der Waals surface area contributed by atoms with Crippen LogP contribution in [-0.4, -0.2) is 33.8 Å². The van der Waals surface area contributed by atoms with Crippen LogP contribution in [0.2, 0.25) is 0 Å². The molecule has 3 amide bonds. The fourth-order valence-corrected chi connectivity index (χ4v) is 5.18. The summed E-state index contributed by atoms with van der Waals surface area (Å²) < 4.78 is 0. The van der Waals surface area contributed by atoms with Gasteiger partial charge in [0.1, 0.15) is 5.70 Å². The minimum atomic E-state index is -0.502. The summed E-state index contributed by atoms with van der Waals surface area (Å²) in [4.78, 5) is 39.4. The molecular weight excluding hydrogens is 432 g/mol. The molecule has 4 rings (SSSR count). The molecule has 34 heavy (non-hydrogen) atoms. The maximum Gasteiger partial charge on any atom is 0.329 e. The van der Waals surface area contributed by atoms with E-state index in [1.807, 2.05) is 6.92 Å². The first-order valence-electron chi connectivity index (χ1n) is 11.5. The van der Waals surface area contributed by atoms with E-state index in [9.17, 15) is 19.7 Å². The van der Waals surface area contributed by atoms with Crippen LogP contribution in [0.1, 0.15) is 62.3 Å². The number of nitro groups is 1. The SMILES string of the molecule is CCN1c2cc(C)c(/C=C3/NC(=O)N(Cc4ccc([N+](=O)[O-])cc4)C3=O)cc2C(C)CC1(C)C. The summed E-state index contributed by atoms with van der Waals surface area (Å²) in [5, 5.41) is 13.5. The average Bonchev–Trinajstić information content (AvgIpc) is 3.02. The lowest BCUT2D eigenvalue weighted by Gasteiger charge is -2.47. The number of nitrogens with one attached hydrogen (secondary N) is 1. The molecule has 0 saturated carbocycles. The van der Waals surface area contributed by atoms with Gasteiger partial charge in [0.05, 0.1) is 11.5 Å². The van der Waals surface area contributed by atoms with E-state index >= 15 is 0 Å². The quantitative estimate of drug-likeness (QED) is 0.288. The summed E-state index contributed by atoms with van der Waals surface area (Å²) in [6.07, 6.45) is 2.78. The number of aryl methyl sites for hydroxylation is 1. The monoisotopic (exact) mass is 462 g/mol. The van der Waals surface area contributed by atoms with Gasteiger partial charge in [-0.25, -0.2) is 4.79 Å². The molecule has 0 aromatic heterocycles. The van der Waals surface area contributed by atoms with E-state index in [-0.39, 0.29) is 23.5 Å². The number of carbonyl (C=O) groups excluding carboxylic acids is 2. The Bertz CT molecular complexity index is 1200. The summed E-state index contributed by atoms with van der Waals surface area (Å²) in [6, 6.07) is 9.65. The van der Waals surface area contributed by atoms with Crippen molar-refractivity contribution in [2.45, 2.75) is 59.0 Å². The van der Waals surface area contributed by atoms with Gasteiger partial charge < -0.3 is 10.2 Å². The summed E-state index contributed by atoms with van der Waals surface area (Å²) in [6.45, 7) is 11.9. The summed E-state index contributed by atoms with van der Waals surface area (Å²) in [7, 11) is 0. The number of benzene rings is 2. The number of fused-ring (bicyclic) bond motifs is 1. The van der Waals surface area contributed by atoms with Crippen molar-refractivity contribution >= 4 is 29.4 Å². The number of hydrogen-bond acceptors (Lipinski definition) is 5. The fourth-order valence-electron chi connectivity index (χ4n) is 5.18. The van der Waals surface area contributed by atoms with Crippen molar-refractivity contribution < 1.29 is 14.5 Å². The van der Waals surface area contributed by atoms with Gasteiger partial charge in [-0.2, -0.15) is 0 Å². The molecule has 1 N–H and O–H groups in total. The smallest absolute Gasteiger partial charge is 0.329 e. The van der Waals surface area contributed by atoms with Crippen molar-refractivity contribution in [1.82, 2.24) is 10.2 Å². The minimum absolute atomic E-state index is 0.0383. The van der Waals surface area contributed by atoms with Crippen LogP contribution in [0, 0.1) is 17.0 Å². The molecule has 1 unspecified atom stereocenters. The molecule has 2 aliphatic heterocycles. The number of hydrogen-bond donors (Lipinski definition) is 1. The van der Waals surface area contributed by atoms with E-state index in [0.717, 1.165) is 29.0 Å². The van der Waals surface area contributed by atoms with E-state index < -0.39 is 16.9 Å². The Morgan fingerprint density at radius 2 is 1.88 bits per heavy atom. The van der Waals surface area contributed by atoms with Crippen LogP contribution in [-0.2, 0) is 11.3 Å². The van der Waals surface area contributed by atoms with Crippen molar-refractivity contribution in [3.8, 4) is 0 Å². The number of carbonyl (C=O) groups is 2. The third-order valence-corrected chi connectivity index (χ3v) is 6.84. The van der Waals surface area contributed by atoms with Crippen molar-refractivity contribution in [1.29, 1.82) is 0 Å². The van der Waals surface area contributed by atoms with E-state index in [2.05, 4.69) is 50.0 Å². The van der Waals surface area contributed by atoms with Crippen LogP contribution in [0.25, 0.3) is 6.08 Å². The van der Waals surface area contributed by atoms with Crippen LogP contribution < -0.4 is 10.2 Å². The Hall–Kier alpha value is -3.68. The highest BCUT2D eigenvalue weighted by Gasteiger charge is 2.37. The predicted octanol–water partition coefficient (Wildman–Crippen LogP) is 5.11. The van der Waals surface area contributed by atoms with Crippen molar-refractivity contribution in [3.05, 3.63) is 74.5 Å². The van der Waals surface area contributed by atoms with Gasteiger partial charge in [-0.3, -0.25) is 19.8 Å². The van der Waals surface area contributed by atoms with Gasteiger partial charge in [0.25, 0.3) is 11.6 Å². The Balaban J connectivity index is 1.61. The maximum atomic E-state index is 13.0. The lowest BCUT2D eigenvalue weighted by molar-refractivity contribution is -0.384. The first kappa shape index (κ1) is 23.5. The topological polar surface area (TPSA) is 95.8 Å². The second-order valence-electron chi connectivity index (χ2n) is 9.73. The molecule has 1 fully saturated rings. The molecule has 0 aliphatic carbocycles. The number of amides is 3. The Morgan fingerprint density at radius 1 is 1.21 bits per heavy atom. The zero-order valence-electron chi connectivity index (χ0n) is 20.2. The van der Waals surface area contributed by atoms with Gasteiger partial charge in [-0.05, 0) is 80.5 Å². The predicted molar refractivity (Wildman–Crippen MR) is 131 cm³/mol. The van der Waals surface area contributed by atoms with Gasteiger partial charge in [0.2, 0.25) is 0 Å². The third-order valence-electron chi connectivity index (χ3n) is 6.84. The molecule has 178 valence electrons. The molecule has 1 saturated heterocycles. The summed E-state index contributed by atoms with van der Waals surface area (Å²) in [5.41, 5.74) is 5.31. The lowest BCUT2D eigenvalue weighted by Crippen LogP contribution is -2.48. The van der Waals surface area contributed by atoms with E-state index in [1.54, 1.807) is 18.2 Å². The molecule has 0 bridgehead atoms. The largest absolute Gasteiger partial charge is 0.366 e. The highest BCUT2D eigenvalue weighted by Crippen LogP contribution is 2.44. The second kappa shape index (κ2) is 8.59. The number of imide groups is 1. The molecule has 8 heteroatoms. The molecule has 0 radical (unpaired) electrons. The number of rotatable bonds is 5. The third kappa shape index (κ3) is 4.16. The van der Waals surface area contributed by atoms with Crippen LogP contribution >= 0.6 is 0 Å². The van der Waals surface area contributed by atoms with Crippen molar-refractivity contribution in [2.75, 3.05) is 11.4 Å². The van der Waals surface area contributed by atoms with Gasteiger partial charge >= 0.3 is 6.03 Å². The Labute approximate surface area is 199 Å². The minimum Gasteiger partial charge on any atom is -0.366 e. The Morgan fingerprint density at radius 3 is 2.50 bits per heavy atom. The molecule has 2 aliphatic rings. The molecule has 2 heterocycles. The average molecular weight is 463 g/mol. The number of nitrogens with zero attached hydrogens (tertiary/aromatic N) is 3. The number of anilines is 1. The first-order valence-corrected chi connectivity index (χ1v) is 11.5. The van der Waals surface area contributed by atoms with E-state index in [4.69, 9.17) is 0 Å². The van der Waals surface area contributed by atoms with Crippen LogP contribution in [0.15, 0.2) is 42.1 Å². The van der Waals surface area contributed by atoms with E-state index in [0.29, 0.717) is 11.5 Å².